The van der Waals surface area contributed by atoms with Gasteiger partial charge in [-0.2, -0.15) is 0 Å². The number of nitrogens with two attached hydrogens (primary N) is 1. The molecule has 2 heterocycles. The van der Waals surface area contributed by atoms with Crippen molar-refractivity contribution in [2.45, 2.75) is 52.1 Å². The highest BCUT2D eigenvalue weighted by molar-refractivity contribution is 5.49. The molecule has 2 fully saturated rings. The van der Waals surface area contributed by atoms with E-state index in [2.05, 4.69) is 77.5 Å². The zero-order chi connectivity index (χ0) is 20.5. The largest absolute Gasteiger partial charge is 0.372 e. The first-order valence-corrected chi connectivity index (χ1v) is 11.2. The summed E-state index contributed by atoms with van der Waals surface area (Å²) >= 11 is 0. The Labute approximate surface area is 177 Å². The molecule has 4 heteroatoms. The summed E-state index contributed by atoms with van der Waals surface area (Å²) in [7, 11) is 0. The Morgan fingerprint density at radius 3 is 1.69 bits per heavy atom. The van der Waals surface area contributed by atoms with Crippen molar-refractivity contribution in [3.8, 4) is 0 Å². The first kappa shape index (κ1) is 21.7. The fourth-order valence-electron chi connectivity index (χ4n) is 3.91. The van der Waals surface area contributed by atoms with Crippen LogP contribution in [0.25, 0.3) is 0 Å². The molecule has 0 spiro atoms. The zero-order valence-electron chi connectivity index (χ0n) is 18.2. The molecular weight excluding hydrogens is 356 g/mol. The van der Waals surface area contributed by atoms with Gasteiger partial charge in [-0.15, -0.1) is 0 Å². The van der Waals surface area contributed by atoms with Crippen molar-refractivity contribution in [1.82, 2.24) is 5.32 Å². The van der Waals surface area contributed by atoms with Crippen LogP contribution < -0.4 is 20.9 Å². The second kappa shape index (κ2) is 11.2. The van der Waals surface area contributed by atoms with Crippen molar-refractivity contribution < 1.29 is 0 Å². The van der Waals surface area contributed by atoms with Crippen molar-refractivity contribution in [3.05, 3.63) is 59.7 Å². The van der Waals surface area contributed by atoms with Gasteiger partial charge in [0, 0.05) is 56.7 Å². The fourth-order valence-corrected chi connectivity index (χ4v) is 3.91. The van der Waals surface area contributed by atoms with Gasteiger partial charge in [0.05, 0.1) is 0 Å². The Balaban J connectivity index is 0.000000176. The molecule has 0 bridgehead atoms. The number of hydrogen-bond donors (Lipinski definition) is 2. The van der Waals surface area contributed by atoms with E-state index in [1.165, 1.54) is 74.4 Å². The molecule has 2 aliphatic heterocycles. The number of nitrogens with zero attached hydrogens (tertiary/aromatic N) is 2. The Morgan fingerprint density at radius 1 is 0.793 bits per heavy atom. The van der Waals surface area contributed by atoms with E-state index >= 15 is 0 Å². The molecule has 0 saturated carbocycles. The molecule has 0 aliphatic carbocycles. The van der Waals surface area contributed by atoms with Gasteiger partial charge in [0.2, 0.25) is 0 Å². The number of rotatable bonds is 6. The van der Waals surface area contributed by atoms with Crippen molar-refractivity contribution in [2.24, 2.45) is 5.73 Å². The summed E-state index contributed by atoms with van der Waals surface area (Å²) in [5.41, 5.74) is 11.0. The molecule has 1 atom stereocenters. The van der Waals surface area contributed by atoms with Crippen LogP contribution in [0.2, 0.25) is 0 Å². The number of nitrogens with one attached hydrogen (secondary N) is 1. The molecule has 0 radical (unpaired) electrons. The molecule has 2 aromatic rings. The maximum absolute atomic E-state index is 5.57. The summed E-state index contributed by atoms with van der Waals surface area (Å²) in [5.74, 6) is 0. The van der Waals surface area contributed by atoms with E-state index in [4.69, 9.17) is 5.73 Å². The molecule has 1 unspecified atom stereocenters. The van der Waals surface area contributed by atoms with Crippen LogP contribution in [0.1, 0.15) is 43.7 Å². The summed E-state index contributed by atoms with van der Waals surface area (Å²) in [6.07, 6.45) is 5.37. The minimum Gasteiger partial charge on any atom is -0.372 e. The van der Waals surface area contributed by atoms with Crippen molar-refractivity contribution in [3.63, 3.8) is 0 Å². The van der Waals surface area contributed by atoms with Gasteiger partial charge in [0.25, 0.3) is 0 Å². The van der Waals surface area contributed by atoms with E-state index < -0.39 is 0 Å². The van der Waals surface area contributed by atoms with E-state index in [1.54, 1.807) is 0 Å². The van der Waals surface area contributed by atoms with Crippen LogP contribution in [0.4, 0.5) is 11.4 Å². The molecule has 4 nitrogen and oxygen atoms in total. The van der Waals surface area contributed by atoms with Gasteiger partial charge in [0.15, 0.2) is 0 Å². The molecule has 0 amide bonds. The third kappa shape index (κ3) is 6.76. The van der Waals surface area contributed by atoms with Crippen LogP contribution in [0.5, 0.6) is 0 Å². The van der Waals surface area contributed by atoms with Crippen molar-refractivity contribution in [2.75, 3.05) is 42.5 Å². The lowest BCUT2D eigenvalue weighted by atomic mass is 10.2. The van der Waals surface area contributed by atoms with Gasteiger partial charge in [-0.1, -0.05) is 29.8 Å². The van der Waals surface area contributed by atoms with E-state index in [0.717, 1.165) is 6.54 Å². The molecular formula is C25H38N4. The van der Waals surface area contributed by atoms with Gasteiger partial charge in [-0.05, 0) is 69.4 Å². The van der Waals surface area contributed by atoms with Gasteiger partial charge in [-0.25, -0.2) is 0 Å². The van der Waals surface area contributed by atoms with Crippen LogP contribution in [0, 0.1) is 6.92 Å². The van der Waals surface area contributed by atoms with Gasteiger partial charge in [-0.3, -0.25) is 0 Å². The Morgan fingerprint density at radius 2 is 1.24 bits per heavy atom. The highest BCUT2D eigenvalue weighted by Gasteiger charge is 2.12. The minimum atomic E-state index is 0.383. The second-order valence-corrected chi connectivity index (χ2v) is 8.41. The molecule has 29 heavy (non-hydrogen) atoms. The van der Waals surface area contributed by atoms with Crippen LogP contribution in [-0.4, -0.2) is 38.8 Å². The van der Waals surface area contributed by atoms with Crippen LogP contribution in [0.3, 0.4) is 0 Å². The Bertz CT molecular complexity index is 699. The van der Waals surface area contributed by atoms with E-state index in [-0.39, 0.29) is 0 Å². The standard InChI is InChI=1S/C14H23N3.C11H15N/c1-12(10-15)16-11-13-4-6-14(7-5-13)17-8-2-3-9-17;1-10-4-6-11(7-5-10)12-8-2-3-9-12/h4-7,12,16H,2-3,8-11,15H2,1H3;4-7H,2-3,8-9H2,1H3. The minimum absolute atomic E-state index is 0.383. The predicted octanol–water partition coefficient (Wildman–Crippen LogP) is 4.32. The van der Waals surface area contributed by atoms with Crippen molar-refractivity contribution in [1.29, 1.82) is 0 Å². The summed E-state index contributed by atoms with van der Waals surface area (Å²) < 4.78 is 0. The zero-order valence-corrected chi connectivity index (χ0v) is 18.2. The molecule has 0 aromatic heterocycles. The number of benzene rings is 2. The first-order chi connectivity index (χ1) is 14.2. The topological polar surface area (TPSA) is 44.5 Å². The fraction of sp³-hybridized carbons (Fsp3) is 0.520. The number of aryl methyl sites for hydroxylation is 1. The van der Waals surface area contributed by atoms with Crippen molar-refractivity contribution >= 4 is 11.4 Å². The summed E-state index contributed by atoms with van der Waals surface area (Å²) in [6, 6.07) is 18.1. The lowest BCUT2D eigenvalue weighted by Gasteiger charge is -2.18. The monoisotopic (exact) mass is 394 g/mol. The Hall–Kier alpha value is -2.04. The highest BCUT2D eigenvalue weighted by Crippen LogP contribution is 2.21. The average Bonchev–Trinajstić information content (AvgIpc) is 3.48. The summed E-state index contributed by atoms with van der Waals surface area (Å²) in [4.78, 5) is 4.92. The summed E-state index contributed by atoms with van der Waals surface area (Å²) in [6.45, 7) is 10.7. The van der Waals surface area contributed by atoms with Crippen LogP contribution in [0.15, 0.2) is 48.5 Å². The molecule has 2 aromatic carbocycles. The lowest BCUT2D eigenvalue weighted by Crippen LogP contribution is -2.32. The van der Waals surface area contributed by atoms with Crippen LogP contribution >= 0.6 is 0 Å². The normalized spacial score (nSPS) is 17.2. The molecule has 2 saturated heterocycles. The number of hydrogen-bond acceptors (Lipinski definition) is 4. The maximum Gasteiger partial charge on any atom is 0.0366 e. The van der Waals surface area contributed by atoms with Crippen LogP contribution in [-0.2, 0) is 6.54 Å². The molecule has 2 aliphatic rings. The molecule has 4 rings (SSSR count). The van der Waals surface area contributed by atoms with E-state index in [1.807, 2.05) is 0 Å². The van der Waals surface area contributed by atoms with Gasteiger partial charge in [0.1, 0.15) is 0 Å². The second-order valence-electron chi connectivity index (χ2n) is 8.41. The third-order valence-electron chi connectivity index (χ3n) is 5.92. The number of anilines is 2. The van der Waals surface area contributed by atoms with Gasteiger partial charge >= 0.3 is 0 Å². The first-order valence-electron chi connectivity index (χ1n) is 11.2. The highest BCUT2D eigenvalue weighted by atomic mass is 15.1. The SMILES string of the molecule is CC(CN)NCc1ccc(N2CCCC2)cc1.Cc1ccc(N2CCCC2)cc1. The Kier molecular flexibility index (Phi) is 8.38. The lowest BCUT2D eigenvalue weighted by molar-refractivity contribution is 0.556. The quantitative estimate of drug-likeness (QED) is 0.766. The van der Waals surface area contributed by atoms with E-state index in [0.29, 0.717) is 12.6 Å². The predicted molar refractivity (Wildman–Crippen MR) is 126 cm³/mol. The average molecular weight is 395 g/mol. The third-order valence-corrected chi connectivity index (χ3v) is 5.92. The molecule has 158 valence electrons. The molecule has 3 N–H and O–H groups in total. The van der Waals surface area contributed by atoms with E-state index in [9.17, 15) is 0 Å². The maximum atomic E-state index is 5.57. The van der Waals surface area contributed by atoms with Gasteiger partial charge < -0.3 is 20.9 Å². The smallest absolute Gasteiger partial charge is 0.0366 e. The summed E-state index contributed by atoms with van der Waals surface area (Å²) in [5, 5.41) is 3.40.